The van der Waals surface area contributed by atoms with Gasteiger partial charge in [0, 0.05) is 39.1 Å². The molecule has 0 unspecified atom stereocenters. The standard InChI is InChI=1S/C17H21ClFN5O3/c18-13-9-12(1-2-14(13)19)10-15(21-25)17-16(22-27-23-17)11-20-3-4-24-5-7-26-8-6-24/h1-2,9,20,25H,3-8,10-11H2. The molecule has 2 aromatic rings. The summed E-state index contributed by atoms with van der Waals surface area (Å²) in [7, 11) is 0. The number of morpholine rings is 1. The predicted octanol–water partition coefficient (Wildman–Crippen LogP) is 1.70. The van der Waals surface area contributed by atoms with Crippen LogP contribution in [0.2, 0.25) is 5.02 Å². The second-order valence-electron chi connectivity index (χ2n) is 6.16. The summed E-state index contributed by atoms with van der Waals surface area (Å²) < 4.78 is 23.4. The van der Waals surface area contributed by atoms with E-state index in [-0.39, 0.29) is 17.2 Å². The van der Waals surface area contributed by atoms with Crippen molar-refractivity contribution in [2.45, 2.75) is 13.0 Å². The fourth-order valence-corrected chi connectivity index (χ4v) is 3.02. The zero-order chi connectivity index (χ0) is 19.1. The van der Waals surface area contributed by atoms with Crippen molar-refractivity contribution in [3.05, 3.63) is 46.0 Å². The zero-order valence-corrected chi connectivity index (χ0v) is 15.5. The number of halogens is 2. The molecule has 8 nitrogen and oxygen atoms in total. The average molecular weight is 398 g/mol. The largest absolute Gasteiger partial charge is 0.411 e. The Balaban J connectivity index is 1.56. The van der Waals surface area contributed by atoms with E-state index in [2.05, 4.69) is 25.7 Å². The molecule has 27 heavy (non-hydrogen) atoms. The molecule has 3 rings (SSSR count). The summed E-state index contributed by atoms with van der Waals surface area (Å²) in [5.41, 5.74) is 1.85. The van der Waals surface area contributed by atoms with Crippen LogP contribution in [0.4, 0.5) is 4.39 Å². The normalized spacial score (nSPS) is 16.0. The Bertz CT molecular complexity index is 780. The van der Waals surface area contributed by atoms with Crippen LogP contribution in [0.15, 0.2) is 28.0 Å². The molecule has 0 atom stereocenters. The first-order valence-corrected chi connectivity index (χ1v) is 9.02. The Labute approximate surface area is 160 Å². The van der Waals surface area contributed by atoms with Crippen molar-refractivity contribution in [2.24, 2.45) is 5.16 Å². The van der Waals surface area contributed by atoms with Gasteiger partial charge in [0.15, 0.2) is 5.69 Å². The molecule has 0 saturated carbocycles. The van der Waals surface area contributed by atoms with Gasteiger partial charge in [0.25, 0.3) is 0 Å². The van der Waals surface area contributed by atoms with Crippen LogP contribution in [0.25, 0.3) is 0 Å². The van der Waals surface area contributed by atoms with Gasteiger partial charge in [0.2, 0.25) is 0 Å². The smallest absolute Gasteiger partial charge is 0.157 e. The van der Waals surface area contributed by atoms with Crippen LogP contribution in [0, 0.1) is 5.82 Å². The van der Waals surface area contributed by atoms with Crippen LogP contribution >= 0.6 is 11.6 Å². The molecule has 146 valence electrons. The molecule has 1 fully saturated rings. The van der Waals surface area contributed by atoms with Crippen molar-refractivity contribution < 1.29 is 19.0 Å². The zero-order valence-electron chi connectivity index (χ0n) is 14.7. The minimum absolute atomic E-state index is 0.00747. The molecule has 0 spiro atoms. The molecule has 1 aliphatic rings. The van der Waals surface area contributed by atoms with Gasteiger partial charge in [-0.2, -0.15) is 0 Å². The van der Waals surface area contributed by atoms with Crippen LogP contribution in [0.1, 0.15) is 17.0 Å². The molecule has 1 aromatic carbocycles. The molecule has 0 radical (unpaired) electrons. The third-order valence-electron chi connectivity index (χ3n) is 4.31. The van der Waals surface area contributed by atoms with Gasteiger partial charge in [0.05, 0.1) is 18.2 Å². The van der Waals surface area contributed by atoms with Gasteiger partial charge in [0.1, 0.15) is 17.2 Å². The summed E-state index contributed by atoms with van der Waals surface area (Å²) in [5.74, 6) is -0.504. The summed E-state index contributed by atoms with van der Waals surface area (Å²) >= 11 is 5.80. The Morgan fingerprint density at radius 3 is 2.89 bits per heavy atom. The first kappa shape index (κ1) is 19.7. The maximum atomic E-state index is 13.3. The van der Waals surface area contributed by atoms with Crippen LogP contribution in [-0.4, -0.2) is 65.5 Å². The Morgan fingerprint density at radius 2 is 2.15 bits per heavy atom. The molecule has 0 bridgehead atoms. The molecular formula is C17H21ClFN5O3. The molecule has 0 amide bonds. The highest BCUT2D eigenvalue weighted by molar-refractivity contribution is 6.30. The van der Waals surface area contributed by atoms with Gasteiger partial charge < -0.3 is 15.3 Å². The monoisotopic (exact) mass is 397 g/mol. The van der Waals surface area contributed by atoms with Crippen molar-refractivity contribution in [1.29, 1.82) is 0 Å². The third-order valence-corrected chi connectivity index (χ3v) is 4.60. The molecular weight excluding hydrogens is 377 g/mol. The SMILES string of the molecule is ON=C(Cc1ccc(F)c(Cl)c1)c1nonc1CNCCN1CCOCC1. The van der Waals surface area contributed by atoms with Gasteiger partial charge in [-0.05, 0) is 22.9 Å². The highest BCUT2D eigenvalue weighted by Crippen LogP contribution is 2.18. The number of nitrogens with zero attached hydrogens (tertiary/aromatic N) is 4. The fraction of sp³-hybridized carbons (Fsp3) is 0.471. The minimum atomic E-state index is -0.504. The summed E-state index contributed by atoms with van der Waals surface area (Å²) in [4.78, 5) is 2.32. The van der Waals surface area contributed by atoms with Gasteiger partial charge in [-0.1, -0.05) is 28.0 Å². The third kappa shape index (κ3) is 5.46. The van der Waals surface area contributed by atoms with E-state index < -0.39 is 5.82 Å². The van der Waals surface area contributed by atoms with Crippen molar-refractivity contribution in [2.75, 3.05) is 39.4 Å². The summed E-state index contributed by atoms with van der Waals surface area (Å²) in [6, 6.07) is 4.32. The molecule has 1 saturated heterocycles. The van der Waals surface area contributed by atoms with Gasteiger partial charge in [-0.15, -0.1) is 0 Å². The first-order valence-electron chi connectivity index (χ1n) is 8.65. The predicted molar refractivity (Wildman–Crippen MR) is 96.7 cm³/mol. The van der Waals surface area contributed by atoms with Crippen LogP contribution in [-0.2, 0) is 17.7 Å². The molecule has 2 heterocycles. The molecule has 0 aliphatic carbocycles. The van der Waals surface area contributed by atoms with E-state index in [1.807, 2.05) is 0 Å². The summed E-state index contributed by atoms with van der Waals surface area (Å²) in [6.07, 6.45) is 0.214. The number of benzene rings is 1. The molecule has 10 heteroatoms. The van der Waals surface area contributed by atoms with Gasteiger partial charge in [-0.25, -0.2) is 9.02 Å². The summed E-state index contributed by atoms with van der Waals surface area (Å²) in [5, 5.41) is 23.7. The van der Waals surface area contributed by atoms with Gasteiger partial charge >= 0.3 is 0 Å². The van der Waals surface area contributed by atoms with Crippen molar-refractivity contribution in [3.8, 4) is 0 Å². The quantitative estimate of drug-likeness (QED) is 0.303. The maximum Gasteiger partial charge on any atom is 0.157 e. The highest BCUT2D eigenvalue weighted by atomic mass is 35.5. The Morgan fingerprint density at radius 1 is 1.33 bits per heavy atom. The highest BCUT2D eigenvalue weighted by Gasteiger charge is 2.18. The van der Waals surface area contributed by atoms with E-state index in [4.69, 9.17) is 21.0 Å². The second-order valence-corrected chi connectivity index (χ2v) is 6.57. The van der Waals surface area contributed by atoms with E-state index in [0.29, 0.717) is 23.5 Å². The van der Waals surface area contributed by atoms with Crippen molar-refractivity contribution in [1.82, 2.24) is 20.5 Å². The summed E-state index contributed by atoms with van der Waals surface area (Å²) in [6.45, 7) is 5.49. The molecule has 1 aromatic heterocycles. The number of hydrogen-bond donors (Lipinski definition) is 2. The lowest BCUT2D eigenvalue weighted by molar-refractivity contribution is 0.0384. The lowest BCUT2D eigenvalue weighted by Crippen LogP contribution is -2.40. The van der Waals surface area contributed by atoms with Crippen LogP contribution in [0.5, 0.6) is 0 Å². The second kappa shape index (κ2) is 9.75. The van der Waals surface area contributed by atoms with Crippen molar-refractivity contribution >= 4 is 17.3 Å². The lowest BCUT2D eigenvalue weighted by atomic mass is 10.1. The number of oxime groups is 1. The number of rotatable bonds is 8. The maximum absolute atomic E-state index is 13.3. The first-order chi connectivity index (χ1) is 13.2. The van der Waals surface area contributed by atoms with Crippen LogP contribution < -0.4 is 5.32 Å². The lowest BCUT2D eigenvalue weighted by Gasteiger charge is -2.26. The van der Waals surface area contributed by atoms with E-state index in [1.54, 1.807) is 6.07 Å². The topological polar surface area (TPSA) is 96.0 Å². The fourth-order valence-electron chi connectivity index (χ4n) is 2.82. The van der Waals surface area contributed by atoms with E-state index >= 15 is 0 Å². The van der Waals surface area contributed by atoms with Crippen LogP contribution in [0.3, 0.4) is 0 Å². The van der Waals surface area contributed by atoms with E-state index in [0.717, 1.165) is 39.4 Å². The Hall–Kier alpha value is -2.07. The van der Waals surface area contributed by atoms with E-state index in [1.165, 1.54) is 12.1 Å². The van der Waals surface area contributed by atoms with Gasteiger partial charge in [-0.3, -0.25) is 4.90 Å². The molecule has 2 N–H and O–H groups in total. The molecule has 1 aliphatic heterocycles. The number of nitrogens with one attached hydrogen (secondary N) is 1. The van der Waals surface area contributed by atoms with Crippen molar-refractivity contribution in [3.63, 3.8) is 0 Å². The number of aromatic nitrogens is 2. The number of hydrogen-bond acceptors (Lipinski definition) is 8. The average Bonchev–Trinajstić information content (AvgIpc) is 3.15. The minimum Gasteiger partial charge on any atom is -0.411 e. The number of ether oxygens (including phenoxy) is 1. The van der Waals surface area contributed by atoms with E-state index in [9.17, 15) is 9.60 Å². The Kier molecular flexibility index (Phi) is 7.11.